The lowest BCUT2D eigenvalue weighted by molar-refractivity contribution is 0.0657. The summed E-state index contributed by atoms with van der Waals surface area (Å²) in [5.41, 5.74) is 0.938. The number of carbonyl (C=O) groups is 2. The first-order chi connectivity index (χ1) is 13.7. The standard InChI is InChI=1S/C22H28BrN3O3/c1-15-6-5-11-26(13-15)22(2,3)14-24-20(27)16-7-4-8-17(12-16)25-21(28)18-9-10-19(23)29-18/h4,7-10,12,15H,5-6,11,13-14H2,1-3H3,(H,24,27)(H,25,28)/t15-/m1/s1. The van der Waals surface area contributed by atoms with Gasteiger partial charge in [0.15, 0.2) is 10.4 Å². The highest BCUT2D eigenvalue weighted by atomic mass is 79.9. The number of halogens is 1. The number of anilines is 1. The number of furan rings is 1. The molecule has 1 fully saturated rings. The minimum Gasteiger partial charge on any atom is -0.444 e. The second-order valence-electron chi connectivity index (χ2n) is 8.33. The molecule has 0 radical (unpaired) electrons. The number of piperidine rings is 1. The molecule has 1 aliphatic heterocycles. The van der Waals surface area contributed by atoms with Gasteiger partial charge in [-0.15, -0.1) is 0 Å². The smallest absolute Gasteiger partial charge is 0.291 e. The lowest BCUT2D eigenvalue weighted by Crippen LogP contribution is -2.54. The van der Waals surface area contributed by atoms with Crippen LogP contribution < -0.4 is 10.6 Å². The second kappa shape index (κ2) is 9.13. The molecule has 0 saturated carbocycles. The quantitative estimate of drug-likeness (QED) is 0.662. The van der Waals surface area contributed by atoms with E-state index in [0.717, 1.165) is 13.1 Å². The lowest BCUT2D eigenvalue weighted by Gasteiger charge is -2.43. The van der Waals surface area contributed by atoms with Crippen molar-refractivity contribution in [1.29, 1.82) is 0 Å². The Morgan fingerprint density at radius 1 is 1.24 bits per heavy atom. The Morgan fingerprint density at radius 2 is 2.03 bits per heavy atom. The largest absolute Gasteiger partial charge is 0.444 e. The van der Waals surface area contributed by atoms with E-state index < -0.39 is 0 Å². The highest BCUT2D eigenvalue weighted by Gasteiger charge is 2.30. The van der Waals surface area contributed by atoms with Crippen LogP contribution in [-0.2, 0) is 0 Å². The Bertz CT molecular complexity index is 878. The molecule has 2 aromatic rings. The molecule has 1 aromatic heterocycles. The van der Waals surface area contributed by atoms with Gasteiger partial charge in [0.1, 0.15) is 0 Å². The summed E-state index contributed by atoms with van der Waals surface area (Å²) in [4.78, 5) is 27.4. The number of benzene rings is 1. The molecular weight excluding hydrogens is 434 g/mol. The van der Waals surface area contributed by atoms with Crippen LogP contribution in [0.2, 0.25) is 0 Å². The number of hydrogen-bond acceptors (Lipinski definition) is 4. The average molecular weight is 462 g/mol. The summed E-state index contributed by atoms with van der Waals surface area (Å²) >= 11 is 3.18. The molecule has 3 rings (SSSR count). The maximum atomic E-state index is 12.7. The Hall–Kier alpha value is -2.12. The normalized spacial score (nSPS) is 17.7. The molecule has 0 aliphatic carbocycles. The molecule has 156 valence electrons. The lowest BCUT2D eigenvalue weighted by atomic mass is 9.93. The van der Waals surface area contributed by atoms with Gasteiger partial charge in [-0.3, -0.25) is 14.5 Å². The summed E-state index contributed by atoms with van der Waals surface area (Å²) < 4.78 is 5.74. The zero-order valence-electron chi connectivity index (χ0n) is 17.1. The van der Waals surface area contributed by atoms with Crippen molar-refractivity contribution in [3.63, 3.8) is 0 Å². The number of likely N-dealkylation sites (tertiary alicyclic amines) is 1. The number of hydrogen-bond donors (Lipinski definition) is 2. The minimum absolute atomic E-state index is 0.108. The first kappa shape index (κ1) is 21.6. The van der Waals surface area contributed by atoms with Crippen LogP contribution in [0.1, 0.15) is 54.5 Å². The molecule has 1 saturated heterocycles. The highest BCUT2D eigenvalue weighted by molar-refractivity contribution is 9.10. The topological polar surface area (TPSA) is 74.6 Å². The SMILES string of the molecule is C[C@@H]1CCCN(C(C)(C)CNC(=O)c2cccc(NC(=O)c3ccc(Br)o3)c2)C1. The first-order valence-corrected chi connectivity index (χ1v) is 10.7. The fraction of sp³-hybridized carbons (Fsp3) is 0.455. The van der Waals surface area contributed by atoms with Gasteiger partial charge in [-0.2, -0.15) is 0 Å². The number of amides is 2. The minimum atomic E-state index is -0.367. The molecule has 1 aliphatic rings. The van der Waals surface area contributed by atoms with Crippen LogP contribution in [-0.4, -0.2) is 41.9 Å². The maximum absolute atomic E-state index is 12.7. The molecule has 2 heterocycles. The third-order valence-electron chi connectivity index (χ3n) is 5.37. The zero-order valence-corrected chi connectivity index (χ0v) is 18.7. The summed E-state index contributed by atoms with van der Waals surface area (Å²) in [5, 5.41) is 5.80. The summed E-state index contributed by atoms with van der Waals surface area (Å²) in [6, 6.07) is 10.1. The van der Waals surface area contributed by atoms with E-state index in [0.29, 0.717) is 28.4 Å². The van der Waals surface area contributed by atoms with Gasteiger partial charge >= 0.3 is 0 Å². The summed E-state index contributed by atoms with van der Waals surface area (Å²) in [6.45, 7) is 9.31. The predicted octanol–water partition coefficient (Wildman–Crippen LogP) is 4.53. The second-order valence-corrected chi connectivity index (χ2v) is 9.11. The van der Waals surface area contributed by atoms with E-state index >= 15 is 0 Å². The Labute approximate surface area is 180 Å². The van der Waals surface area contributed by atoms with Crippen LogP contribution in [0.25, 0.3) is 0 Å². The first-order valence-electron chi connectivity index (χ1n) is 9.94. The Morgan fingerprint density at radius 3 is 2.72 bits per heavy atom. The summed E-state index contributed by atoms with van der Waals surface area (Å²) in [6.07, 6.45) is 2.47. The molecule has 2 N–H and O–H groups in total. The molecular formula is C22H28BrN3O3. The fourth-order valence-corrected chi connectivity index (χ4v) is 3.92. The van der Waals surface area contributed by atoms with Crippen LogP contribution >= 0.6 is 15.9 Å². The Balaban J connectivity index is 1.59. The van der Waals surface area contributed by atoms with Gasteiger partial charge in [-0.25, -0.2) is 0 Å². The third-order valence-corrected chi connectivity index (χ3v) is 5.80. The number of rotatable bonds is 6. The molecule has 7 heteroatoms. The average Bonchev–Trinajstić information content (AvgIpc) is 3.13. The molecule has 0 spiro atoms. The van der Waals surface area contributed by atoms with E-state index in [-0.39, 0.29) is 23.1 Å². The van der Waals surface area contributed by atoms with Crippen molar-refractivity contribution >= 4 is 33.4 Å². The molecule has 6 nitrogen and oxygen atoms in total. The number of nitrogens with zero attached hydrogens (tertiary/aromatic N) is 1. The number of carbonyl (C=O) groups excluding carboxylic acids is 2. The highest BCUT2D eigenvalue weighted by Crippen LogP contribution is 2.23. The summed E-state index contributed by atoms with van der Waals surface area (Å²) in [7, 11) is 0. The monoisotopic (exact) mass is 461 g/mol. The van der Waals surface area contributed by atoms with Gasteiger partial charge in [-0.1, -0.05) is 13.0 Å². The van der Waals surface area contributed by atoms with Crippen molar-refractivity contribution < 1.29 is 14.0 Å². The molecule has 2 amide bonds. The molecule has 0 bridgehead atoms. The van der Waals surface area contributed by atoms with Gasteiger partial charge in [0.25, 0.3) is 11.8 Å². The van der Waals surface area contributed by atoms with Crippen molar-refractivity contribution in [2.45, 2.75) is 39.2 Å². The van der Waals surface area contributed by atoms with E-state index in [1.54, 1.807) is 36.4 Å². The summed E-state index contributed by atoms with van der Waals surface area (Å²) in [5.74, 6) is 0.367. The molecule has 29 heavy (non-hydrogen) atoms. The van der Waals surface area contributed by atoms with Crippen LogP contribution in [0.5, 0.6) is 0 Å². The van der Waals surface area contributed by atoms with Gasteiger partial charge < -0.3 is 15.1 Å². The van der Waals surface area contributed by atoms with E-state index in [1.165, 1.54) is 12.8 Å². The van der Waals surface area contributed by atoms with Crippen LogP contribution in [0.15, 0.2) is 45.5 Å². The van der Waals surface area contributed by atoms with Gasteiger partial charge in [-0.05, 0) is 85.4 Å². The van der Waals surface area contributed by atoms with Gasteiger partial charge in [0.2, 0.25) is 0 Å². The van der Waals surface area contributed by atoms with Crippen molar-refractivity contribution in [3.8, 4) is 0 Å². The molecule has 1 aromatic carbocycles. The molecule has 0 unspecified atom stereocenters. The third kappa shape index (κ3) is 5.70. The predicted molar refractivity (Wildman–Crippen MR) is 117 cm³/mol. The zero-order chi connectivity index (χ0) is 21.0. The van der Waals surface area contributed by atoms with Crippen molar-refractivity contribution in [2.75, 3.05) is 25.0 Å². The van der Waals surface area contributed by atoms with Crippen molar-refractivity contribution in [3.05, 3.63) is 52.4 Å². The van der Waals surface area contributed by atoms with Crippen LogP contribution in [0.3, 0.4) is 0 Å². The van der Waals surface area contributed by atoms with E-state index in [2.05, 4.69) is 52.2 Å². The van der Waals surface area contributed by atoms with Gasteiger partial charge in [0, 0.05) is 29.9 Å². The van der Waals surface area contributed by atoms with Crippen molar-refractivity contribution in [1.82, 2.24) is 10.2 Å². The fourth-order valence-electron chi connectivity index (χ4n) is 3.62. The van der Waals surface area contributed by atoms with Crippen LogP contribution in [0.4, 0.5) is 5.69 Å². The van der Waals surface area contributed by atoms with E-state index in [4.69, 9.17) is 4.42 Å². The van der Waals surface area contributed by atoms with Crippen molar-refractivity contribution in [2.24, 2.45) is 5.92 Å². The molecule has 1 atom stereocenters. The van der Waals surface area contributed by atoms with E-state index in [9.17, 15) is 9.59 Å². The van der Waals surface area contributed by atoms with E-state index in [1.807, 2.05) is 0 Å². The van der Waals surface area contributed by atoms with Crippen LogP contribution in [0, 0.1) is 5.92 Å². The number of nitrogens with one attached hydrogen (secondary N) is 2. The Kier molecular flexibility index (Phi) is 6.80. The van der Waals surface area contributed by atoms with Gasteiger partial charge in [0.05, 0.1) is 0 Å². The maximum Gasteiger partial charge on any atom is 0.291 e.